The lowest BCUT2D eigenvalue weighted by molar-refractivity contribution is 0.795. The average molecular weight is 237 g/mol. The summed E-state index contributed by atoms with van der Waals surface area (Å²) >= 11 is 6.18. The third-order valence-electron chi connectivity index (χ3n) is 2.36. The van der Waals surface area contributed by atoms with Gasteiger partial charge in [0.15, 0.2) is 0 Å². The van der Waals surface area contributed by atoms with E-state index in [0.29, 0.717) is 11.7 Å². The van der Waals surface area contributed by atoms with E-state index >= 15 is 0 Å². The molecule has 0 bridgehead atoms. The summed E-state index contributed by atoms with van der Waals surface area (Å²) in [5.41, 5.74) is 1.82. The summed E-state index contributed by atoms with van der Waals surface area (Å²) in [6.45, 7) is 0.660. The molecule has 0 atom stereocenters. The highest BCUT2D eigenvalue weighted by molar-refractivity contribution is 6.30. The summed E-state index contributed by atoms with van der Waals surface area (Å²) in [5, 5.41) is 3.70. The van der Waals surface area contributed by atoms with Crippen molar-refractivity contribution in [1.82, 2.24) is 19.9 Å². The number of hydrogen-bond acceptors (Lipinski definition) is 3. The maximum atomic E-state index is 6.18. The fourth-order valence-electron chi connectivity index (χ4n) is 1.57. The highest BCUT2D eigenvalue weighted by Crippen LogP contribution is 2.23. The van der Waals surface area contributed by atoms with Crippen LogP contribution in [0.4, 0.5) is 0 Å². The first-order valence-corrected chi connectivity index (χ1v) is 5.38. The molecule has 4 nitrogen and oxygen atoms in total. The molecular formula is C11H13ClN4. The molecule has 0 radical (unpaired) electrons. The molecule has 84 valence electrons. The molecule has 0 aromatic carbocycles. The third-order valence-corrected chi connectivity index (χ3v) is 2.83. The smallest absolute Gasteiger partial charge is 0.142 e. The van der Waals surface area contributed by atoms with E-state index in [1.807, 2.05) is 30.8 Å². The van der Waals surface area contributed by atoms with Crippen LogP contribution in [0.25, 0.3) is 11.4 Å². The normalized spacial score (nSPS) is 10.7. The summed E-state index contributed by atoms with van der Waals surface area (Å²) in [7, 11) is 3.77. The molecule has 2 rings (SSSR count). The summed E-state index contributed by atoms with van der Waals surface area (Å²) in [4.78, 5) is 8.57. The molecule has 0 aliphatic rings. The monoisotopic (exact) mass is 236 g/mol. The largest absolute Gasteiger partial charge is 0.318 e. The zero-order valence-electron chi connectivity index (χ0n) is 9.24. The topological polar surface area (TPSA) is 42.7 Å². The lowest BCUT2D eigenvalue weighted by Gasteiger charge is -2.00. The summed E-state index contributed by atoms with van der Waals surface area (Å²) in [5.74, 6) is 0.836. The van der Waals surface area contributed by atoms with Gasteiger partial charge in [0.1, 0.15) is 11.0 Å². The molecule has 0 aliphatic carbocycles. The number of rotatable bonds is 3. The molecule has 0 amide bonds. The van der Waals surface area contributed by atoms with Crippen molar-refractivity contribution in [3.63, 3.8) is 0 Å². The van der Waals surface area contributed by atoms with Gasteiger partial charge in [-0.15, -0.1) is 0 Å². The van der Waals surface area contributed by atoms with Crippen molar-refractivity contribution in [1.29, 1.82) is 0 Å². The third kappa shape index (κ3) is 1.94. The van der Waals surface area contributed by atoms with Crippen molar-refractivity contribution in [3.05, 3.63) is 35.4 Å². The molecule has 2 aromatic heterocycles. The Labute approximate surface area is 99.3 Å². The summed E-state index contributed by atoms with van der Waals surface area (Å²) in [6.07, 6.45) is 3.52. The minimum Gasteiger partial charge on any atom is -0.318 e. The second-order valence-corrected chi connectivity index (χ2v) is 3.86. The van der Waals surface area contributed by atoms with Gasteiger partial charge in [0.2, 0.25) is 0 Å². The SMILES string of the molecule is CNCc1nc(-c2cccnc2)n(C)c1Cl. The lowest BCUT2D eigenvalue weighted by atomic mass is 10.3. The van der Waals surface area contributed by atoms with Gasteiger partial charge in [-0.3, -0.25) is 4.98 Å². The van der Waals surface area contributed by atoms with Crippen molar-refractivity contribution in [2.24, 2.45) is 7.05 Å². The van der Waals surface area contributed by atoms with Gasteiger partial charge in [-0.2, -0.15) is 0 Å². The van der Waals surface area contributed by atoms with Crippen LogP contribution < -0.4 is 5.32 Å². The van der Waals surface area contributed by atoms with E-state index in [1.54, 1.807) is 12.4 Å². The highest BCUT2D eigenvalue weighted by atomic mass is 35.5. The first-order valence-electron chi connectivity index (χ1n) is 5.00. The fraction of sp³-hybridized carbons (Fsp3) is 0.273. The molecule has 1 N–H and O–H groups in total. The first kappa shape index (κ1) is 11.1. The maximum Gasteiger partial charge on any atom is 0.142 e. The second-order valence-electron chi connectivity index (χ2n) is 3.50. The Morgan fingerprint density at radius 1 is 1.50 bits per heavy atom. The van der Waals surface area contributed by atoms with Crippen LogP contribution in [0.2, 0.25) is 5.15 Å². The predicted octanol–water partition coefficient (Wildman–Crippen LogP) is 1.85. The van der Waals surface area contributed by atoms with E-state index in [-0.39, 0.29) is 0 Å². The molecule has 0 unspecified atom stereocenters. The zero-order valence-corrected chi connectivity index (χ0v) is 9.99. The van der Waals surface area contributed by atoms with E-state index in [9.17, 15) is 0 Å². The van der Waals surface area contributed by atoms with Crippen molar-refractivity contribution >= 4 is 11.6 Å². The molecule has 0 saturated heterocycles. The van der Waals surface area contributed by atoms with Gasteiger partial charge < -0.3 is 9.88 Å². The van der Waals surface area contributed by atoms with E-state index < -0.39 is 0 Å². The predicted molar refractivity (Wildman–Crippen MR) is 64.2 cm³/mol. The summed E-state index contributed by atoms with van der Waals surface area (Å²) in [6, 6.07) is 3.85. The van der Waals surface area contributed by atoms with Crippen LogP contribution in [0.5, 0.6) is 0 Å². The van der Waals surface area contributed by atoms with Gasteiger partial charge in [0.25, 0.3) is 0 Å². The zero-order chi connectivity index (χ0) is 11.5. The molecule has 5 heteroatoms. The van der Waals surface area contributed by atoms with Gasteiger partial charge in [-0.05, 0) is 19.2 Å². The number of hydrogen-bond donors (Lipinski definition) is 1. The Hall–Kier alpha value is -1.39. The standard InChI is InChI=1S/C11H13ClN4/c1-13-7-9-10(12)16(2)11(15-9)8-4-3-5-14-6-8/h3-6,13H,7H2,1-2H3. The van der Waals surface area contributed by atoms with Gasteiger partial charge in [0, 0.05) is 31.5 Å². The number of nitrogens with zero attached hydrogens (tertiary/aromatic N) is 3. The van der Waals surface area contributed by atoms with Crippen LogP contribution in [0.3, 0.4) is 0 Å². The Bertz CT molecular complexity index is 478. The molecule has 0 saturated carbocycles. The Kier molecular flexibility index (Phi) is 3.22. The Morgan fingerprint density at radius 2 is 2.31 bits per heavy atom. The van der Waals surface area contributed by atoms with Gasteiger partial charge in [-0.1, -0.05) is 11.6 Å². The molecule has 2 aromatic rings. The van der Waals surface area contributed by atoms with Crippen molar-refractivity contribution < 1.29 is 0 Å². The quantitative estimate of drug-likeness (QED) is 0.885. The van der Waals surface area contributed by atoms with Crippen molar-refractivity contribution in [2.75, 3.05) is 7.05 Å². The minimum absolute atomic E-state index is 0.660. The Balaban J connectivity index is 2.46. The molecule has 0 spiro atoms. The van der Waals surface area contributed by atoms with E-state index in [1.165, 1.54) is 0 Å². The maximum absolute atomic E-state index is 6.18. The highest BCUT2D eigenvalue weighted by Gasteiger charge is 2.13. The Morgan fingerprint density at radius 3 is 2.94 bits per heavy atom. The molecule has 0 fully saturated rings. The molecule has 0 aliphatic heterocycles. The average Bonchev–Trinajstić information content (AvgIpc) is 2.59. The minimum atomic E-state index is 0.660. The second kappa shape index (κ2) is 4.63. The number of aromatic nitrogens is 3. The van der Waals surface area contributed by atoms with Crippen LogP contribution in [0, 0.1) is 0 Å². The van der Waals surface area contributed by atoms with Crippen LogP contribution >= 0.6 is 11.6 Å². The molecule has 2 heterocycles. The van der Waals surface area contributed by atoms with Crippen LogP contribution in [-0.2, 0) is 13.6 Å². The molecule has 16 heavy (non-hydrogen) atoms. The van der Waals surface area contributed by atoms with E-state index in [0.717, 1.165) is 17.1 Å². The van der Waals surface area contributed by atoms with Crippen molar-refractivity contribution in [3.8, 4) is 11.4 Å². The molecular weight excluding hydrogens is 224 g/mol. The van der Waals surface area contributed by atoms with Crippen LogP contribution in [-0.4, -0.2) is 21.6 Å². The van der Waals surface area contributed by atoms with Gasteiger partial charge in [-0.25, -0.2) is 4.98 Å². The van der Waals surface area contributed by atoms with Gasteiger partial charge >= 0.3 is 0 Å². The number of halogens is 1. The number of nitrogens with one attached hydrogen (secondary N) is 1. The lowest BCUT2D eigenvalue weighted by Crippen LogP contribution is -2.05. The summed E-state index contributed by atoms with van der Waals surface area (Å²) < 4.78 is 1.87. The van der Waals surface area contributed by atoms with Crippen molar-refractivity contribution in [2.45, 2.75) is 6.54 Å². The fourth-order valence-corrected chi connectivity index (χ4v) is 1.76. The van der Waals surface area contributed by atoms with E-state index in [2.05, 4.69) is 15.3 Å². The number of imidazole rings is 1. The first-order chi connectivity index (χ1) is 7.74. The van der Waals surface area contributed by atoms with Crippen LogP contribution in [0.1, 0.15) is 5.69 Å². The van der Waals surface area contributed by atoms with E-state index in [4.69, 9.17) is 11.6 Å². The van der Waals surface area contributed by atoms with Gasteiger partial charge in [0.05, 0.1) is 5.69 Å². The number of pyridine rings is 1. The van der Waals surface area contributed by atoms with Crippen LogP contribution in [0.15, 0.2) is 24.5 Å².